The fourth-order valence-electron chi connectivity index (χ4n) is 3.67. The molecule has 1 saturated heterocycles. The minimum Gasteiger partial charge on any atom is -0.489 e. The predicted molar refractivity (Wildman–Crippen MR) is 117 cm³/mol. The molecule has 4 rings (SSSR count). The van der Waals surface area contributed by atoms with Crippen LogP contribution in [0.15, 0.2) is 48.8 Å². The first-order valence-electron chi connectivity index (χ1n) is 10.0. The van der Waals surface area contributed by atoms with E-state index in [4.69, 9.17) is 15.9 Å². The molecule has 3 aromatic rings. The van der Waals surface area contributed by atoms with Crippen LogP contribution in [0.2, 0.25) is 0 Å². The number of ether oxygens (including phenoxy) is 1. The largest absolute Gasteiger partial charge is 0.489 e. The summed E-state index contributed by atoms with van der Waals surface area (Å²) in [6.45, 7) is -0.0477. The van der Waals surface area contributed by atoms with E-state index in [1.807, 2.05) is 0 Å². The molecule has 0 aliphatic carbocycles. The Bertz CT molecular complexity index is 1240. The van der Waals surface area contributed by atoms with Gasteiger partial charge in [-0.1, -0.05) is 0 Å². The van der Waals surface area contributed by atoms with E-state index >= 15 is 0 Å². The topological polar surface area (TPSA) is 111 Å². The highest BCUT2D eigenvalue weighted by atomic mass is 32.2. The van der Waals surface area contributed by atoms with Gasteiger partial charge in [-0.15, -0.1) is 0 Å². The number of nitrogens with two attached hydrogens (primary N) is 1. The van der Waals surface area contributed by atoms with E-state index in [2.05, 4.69) is 5.10 Å². The third kappa shape index (κ3) is 4.96. The van der Waals surface area contributed by atoms with Gasteiger partial charge in [0.05, 0.1) is 29.5 Å². The molecule has 1 aliphatic rings. The van der Waals surface area contributed by atoms with Gasteiger partial charge in [-0.3, -0.25) is 10.1 Å². The van der Waals surface area contributed by atoms with Crippen LogP contribution >= 0.6 is 0 Å². The number of benzene rings is 2. The molecule has 32 heavy (non-hydrogen) atoms. The molecule has 168 valence electrons. The quantitative estimate of drug-likeness (QED) is 0.432. The Hall–Kier alpha value is -3.27. The summed E-state index contributed by atoms with van der Waals surface area (Å²) in [5, 5.41) is 12.9. The summed E-state index contributed by atoms with van der Waals surface area (Å²) >= 11 is 0. The van der Waals surface area contributed by atoms with Gasteiger partial charge in [-0.2, -0.15) is 5.10 Å². The molecule has 2 heterocycles. The number of aromatic nitrogens is 2. The van der Waals surface area contributed by atoms with E-state index in [9.17, 15) is 17.2 Å². The zero-order valence-electron chi connectivity index (χ0n) is 17.1. The van der Waals surface area contributed by atoms with Crippen LogP contribution in [0.5, 0.6) is 5.75 Å². The zero-order chi connectivity index (χ0) is 22.9. The molecule has 0 spiro atoms. The molecule has 3 N–H and O–H groups in total. The van der Waals surface area contributed by atoms with E-state index in [1.165, 1.54) is 12.1 Å². The number of sulfone groups is 1. The van der Waals surface area contributed by atoms with Gasteiger partial charge in [0, 0.05) is 29.1 Å². The Morgan fingerprint density at radius 2 is 1.84 bits per heavy atom. The number of hydrogen-bond donors (Lipinski definition) is 2. The van der Waals surface area contributed by atoms with E-state index in [1.54, 1.807) is 35.3 Å². The third-order valence-corrected chi connectivity index (χ3v) is 7.13. The molecule has 10 heteroatoms. The van der Waals surface area contributed by atoms with Crippen LogP contribution in [0.3, 0.4) is 0 Å². The molecular weight excluding hydrogens is 438 g/mol. The maximum atomic E-state index is 13.4. The Labute approximate surface area is 184 Å². The Morgan fingerprint density at radius 3 is 2.53 bits per heavy atom. The van der Waals surface area contributed by atoms with Gasteiger partial charge < -0.3 is 10.5 Å². The summed E-state index contributed by atoms with van der Waals surface area (Å²) < 4.78 is 57.4. The molecule has 0 radical (unpaired) electrons. The van der Waals surface area contributed by atoms with E-state index in [-0.39, 0.29) is 29.9 Å². The Kier molecular flexibility index (Phi) is 5.96. The Morgan fingerprint density at radius 1 is 1.16 bits per heavy atom. The SMILES string of the molecule is N=C(c1cnn(C2CCS(=O)(=O)CC2)c1)c1cc(OCc2cc(F)cc(F)c2)ccc1N. The van der Waals surface area contributed by atoms with Crippen molar-refractivity contribution in [2.24, 2.45) is 0 Å². The molecule has 0 atom stereocenters. The van der Waals surface area contributed by atoms with Crippen LogP contribution < -0.4 is 10.5 Å². The van der Waals surface area contributed by atoms with Gasteiger partial charge in [0.1, 0.15) is 33.8 Å². The molecule has 2 aromatic carbocycles. The lowest BCUT2D eigenvalue weighted by Crippen LogP contribution is -2.25. The summed E-state index contributed by atoms with van der Waals surface area (Å²) in [7, 11) is -2.97. The lowest BCUT2D eigenvalue weighted by atomic mass is 10.0. The van der Waals surface area contributed by atoms with Gasteiger partial charge in [-0.25, -0.2) is 17.2 Å². The van der Waals surface area contributed by atoms with Gasteiger partial charge in [-0.05, 0) is 48.7 Å². The molecule has 0 bridgehead atoms. The third-order valence-electron chi connectivity index (χ3n) is 5.41. The van der Waals surface area contributed by atoms with Gasteiger partial charge in [0.15, 0.2) is 0 Å². The monoisotopic (exact) mass is 460 g/mol. The van der Waals surface area contributed by atoms with E-state index < -0.39 is 21.5 Å². The van der Waals surface area contributed by atoms with Crippen LogP contribution in [-0.4, -0.2) is 35.4 Å². The normalized spacial score (nSPS) is 16.1. The van der Waals surface area contributed by atoms with Gasteiger partial charge in [0.2, 0.25) is 0 Å². The summed E-state index contributed by atoms with van der Waals surface area (Å²) in [6, 6.07) is 7.95. The number of anilines is 1. The van der Waals surface area contributed by atoms with Crippen molar-refractivity contribution in [3.05, 3.63) is 77.1 Å². The van der Waals surface area contributed by atoms with Crippen molar-refractivity contribution in [2.75, 3.05) is 17.2 Å². The number of nitrogens with zero attached hydrogens (tertiary/aromatic N) is 2. The standard InChI is InChI=1S/C22H22F2N4O3S/c23-16-7-14(8-17(24)9-16)13-31-19-1-2-21(25)20(10-19)22(26)15-11-27-28(12-15)18-3-5-32(29,30)6-4-18/h1-2,7-12,18,26H,3-6,13,25H2. The number of nitrogen functional groups attached to an aromatic ring is 1. The van der Waals surface area contributed by atoms with Crippen molar-refractivity contribution in [1.82, 2.24) is 9.78 Å². The number of hydrogen-bond acceptors (Lipinski definition) is 6. The smallest absolute Gasteiger partial charge is 0.150 e. The fraction of sp³-hybridized carbons (Fsp3) is 0.273. The lowest BCUT2D eigenvalue weighted by molar-refractivity contribution is 0.305. The molecule has 0 amide bonds. The van der Waals surface area contributed by atoms with E-state index in [0.717, 1.165) is 6.07 Å². The average Bonchev–Trinajstić information content (AvgIpc) is 3.22. The maximum Gasteiger partial charge on any atom is 0.150 e. The van der Waals surface area contributed by atoms with Crippen molar-refractivity contribution < 1.29 is 21.9 Å². The van der Waals surface area contributed by atoms with Crippen molar-refractivity contribution in [2.45, 2.75) is 25.5 Å². The first-order valence-corrected chi connectivity index (χ1v) is 11.8. The van der Waals surface area contributed by atoms with Gasteiger partial charge in [0.25, 0.3) is 0 Å². The van der Waals surface area contributed by atoms with Crippen molar-refractivity contribution in [3.8, 4) is 5.75 Å². The first-order chi connectivity index (χ1) is 15.2. The summed E-state index contributed by atoms with van der Waals surface area (Å²) in [5.41, 5.74) is 7.88. The summed E-state index contributed by atoms with van der Waals surface area (Å²) in [6.07, 6.45) is 4.24. The minimum absolute atomic E-state index is 0.0289. The maximum absolute atomic E-state index is 13.4. The first kappa shape index (κ1) is 21.9. The fourth-order valence-corrected chi connectivity index (χ4v) is 5.13. The van der Waals surface area contributed by atoms with Crippen molar-refractivity contribution >= 4 is 21.2 Å². The zero-order valence-corrected chi connectivity index (χ0v) is 17.9. The number of halogens is 2. The molecule has 7 nitrogen and oxygen atoms in total. The van der Waals surface area contributed by atoms with Crippen LogP contribution in [0, 0.1) is 17.0 Å². The van der Waals surface area contributed by atoms with Crippen molar-refractivity contribution in [3.63, 3.8) is 0 Å². The second-order valence-electron chi connectivity index (χ2n) is 7.78. The highest BCUT2D eigenvalue weighted by Gasteiger charge is 2.25. The molecule has 1 aromatic heterocycles. The second kappa shape index (κ2) is 8.70. The van der Waals surface area contributed by atoms with E-state index in [0.29, 0.717) is 41.0 Å². The minimum atomic E-state index is -2.97. The molecule has 0 unspecified atom stereocenters. The predicted octanol–water partition coefficient (Wildman–Crippen LogP) is 3.49. The van der Waals surface area contributed by atoms with Gasteiger partial charge >= 0.3 is 0 Å². The average molecular weight is 461 g/mol. The lowest BCUT2D eigenvalue weighted by Gasteiger charge is -2.22. The highest BCUT2D eigenvalue weighted by molar-refractivity contribution is 7.91. The van der Waals surface area contributed by atoms with Crippen LogP contribution in [0.1, 0.15) is 35.6 Å². The Balaban J connectivity index is 1.48. The molecular formula is C22H22F2N4O3S. The molecule has 1 fully saturated rings. The molecule has 1 aliphatic heterocycles. The number of rotatable bonds is 6. The number of nitrogens with one attached hydrogen (secondary N) is 1. The van der Waals surface area contributed by atoms with Crippen molar-refractivity contribution in [1.29, 1.82) is 5.41 Å². The second-order valence-corrected chi connectivity index (χ2v) is 10.1. The van der Waals surface area contributed by atoms with Crippen LogP contribution in [0.4, 0.5) is 14.5 Å². The highest BCUT2D eigenvalue weighted by Crippen LogP contribution is 2.26. The summed E-state index contributed by atoms with van der Waals surface area (Å²) in [4.78, 5) is 0. The summed E-state index contributed by atoms with van der Waals surface area (Å²) in [5.74, 6) is -0.710. The van der Waals surface area contributed by atoms with Crippen LogP contribution in [-0.2, 0) is 16.4 Å². The van der Waals surface area contributed by atoms with Crippen LogP contribution in [0.25, 0.3) is 0 Å². The molecule has 0 saturated carbocycles.